The van der Waals surface area contributed by atoms with E-state index in [0.717, 1.165) is 122 Å². The Morgan fingerprint density at radius 1 is 0.304 bits per heavy atom. The summed E-state index contributed by atoms with van der Waals surface area (Å²) in [7, 11) is 0. The average molecular weight is 962 g/mol. The Hall–Kier alpha value is -3.41. The fourth-order valence-electron chi connectivity index (χ4n) is 8.00. The minimum Gasteiger partial charge on any atom is -0.462 e. The van der Waals surface area contributed by atoms with Crippen LogP contribution in [0.3, 0.4) is 0 Å². The van der Waals surface area contributed by atoms with E-state index < -0.39 is 6.10 Å². The Balaban J connectivity index is 4.38. The summed E-state index contributed by atoms with van der Waals surface area (Å²) in [6.07, 6.45) is 74.3. The maximum Gasteiger partial charge on any atom is 0.306 e. The van der Waals surface area contributed by atoms with Crippen molar-refractivity contribution < 1.29 is 28.6 Å². The molecule has 0 aromatic rings. The van der Waals surface area contributed by atoms with E-state index in [1.807, 2.05) is 0 Å². The molecule has 0 aliphatic rings. The number of esters is 3. The van der Waals surface area contributed by atoms with Crippen molar-refractivity contribution in [1.82, 2.24) is 0 Å². The van der Waals surface area contributed by atoms with Crippen molar-refractivity contribution in [3.05, 3.63) is 85.1 Å². The number of hydrogen-bond donors (Lipinski definition) is 0. The van der Waals surface area contributed by atoms with Gasteiger partial charge in [0.05, 0.1) is 0 Å². The van der Waals surface area contributed by atoms with Crippen LogP contribution in [-0.4, -0.2) is 37.2 Å². The van der Waals surface area contributed by atoms with Crippen LogP contribution in [0.25, 0.3) is 0 Å². The highest BCUT2D eigenvalue weighted by molar-refractivity contribution is 5.71. The number of hydrogen-bond acceptors (Lipinski definition) is 6. The number of rotatable bonds is 52. The predicted molar refractivity (Wildman–Crippen MR) is 297 cm³/mol. The molecule has 6 nitrogen and oxygen atoms in total. The highest BCUT2D eigenvalue weighted by atomic mass is 16.6. The molecule has 1 atom stereocenters. The first-order chi connectivity index (χ1) is 34.0. The third-order valence-corrected chi connectivity index (χ3v) is 12.3. The van der Waals surface area contributed by atoms with E-state index in [4.69, 9.17) is 14.2 Å². The highest BCUT2D eigenvalue weighted by Gasteiger charge is 2.19. The molecular formula is C63H108O6. The monoisotopic (exact) mass is 961 g/mol. The molecule has 0 aliphatic carbocycles. The number of ether oxygens (including phenoxy) is 3. The third kappa shape index (κ3) is 55.4. The first-order valence-electron chi connectivity index (χ1n) is 29.1. The van der Waals surface area contributed by atoms with Crippen LogP contribution in [0.15, 0.2) is 85.1 Å². The van der Waals surface area contributed by atoms with Crippen LogP contribution in [0.4, 0.5) is 0 Å². The van der Waals surface area contributed by atoms with Gasteiger partial charge in [-0.2, -0.15) is 0 Å². The second-order valence-electron chi connectivity index (χ2n) is 19.2. The molecule has 0 radical (unpaired) electrons. The zero-order valence-corrected chi connectivity index (χ0v) is 45.3. The summed E-state index contributed by atoms with van der Waals surface area (Å²) in [5.41, 5.74) is 0. The topological polar surface area (TPSA) is 78.9 Å². The van der Waals surface area contributed by atoms with Crippen molar-refractivity contribution in [1.29, 1.82) is 0 Å². The van der Waals surface area contributed by atoms with Gasteiger partial charge in [0.1, 0.15) is 13.2 Å². The van der Waals surface area contributed by atoms with Gasteiger partial charge >= 0.3 is 17.9 Å². The summed E-state index contributed by atoms with van der Waals surface area (Å²) in [4.78, 5) is 38.2. The molecule has 0 saturated carbocycles. The van der Waals surface area contributed by atoms with E-state index in [0.29, 0.717) is 19.3 Å². The third-order valence-electron chi connectivity index (χ3n) is 12.3. The lowest BCUT2D eigenvalue weighted by molar-refractivity contribution is -0.167. The molecule has 6 heteroatoms. The molecule has 0 aliphatic heterocycles. The van der Waals surface area contributed by atoms with E-state index in [1.54, 1.807) is 0 Å². The van der Waals surface area contributed by atoms with Crippen LogP contribution in [0.5, 0.6) is 0 Å². The number of unbranched alkanes of at least 4 members (excludes halogenated alkanes) is 27. The lowest BCUT2D eigenvalue weighted by Crippen LogP contribution is -2.30. The zero-order chi connectivity index (χ0) is 50.0. The first kappa shape index (κ1) is 65.6. The fourth-order valence-corrected chi connectivity index (χ4v) is 8.00. The maximum atomic E-state index is 12.9. The van der Waals surface area contributed by atoms with E-state index in [9.17, 15) is 14.4 Å². The van der Waals surface area contributed by atoms with Crippen molar-refractivity contribution >= 4 is 17.9 Å². The van der Waals surface area contributed by atoms with Gasteiger partial charge < -0.3 is 14.2 Å². The SMILES string of the molecule is CC/C=C\C/C=C\C/C=C\CCCCCCCCCC(=O)OC(COC(=O)CCCCCCC/C=C\C/C=C\CCC)COC(=O)CCCCCCCCCCC/C=C\C/C=C\CCCCCCC. The van der Waals surface area contributed by atoms with Gasteiger partial charge in [-0.25, -0.2) is 0 Å². The fraction of sp³-hybridized carbons (Fsp3) is 0.730. The van der Waals surface area contributed by atoms with Crippen molar-refractivity contribution in [2.24, 2.45) is 0 Å². The number of carbonyl (C=O) groups is 3. The Labute approximate surface area is 426 Å². The summed E-state index contributed by atoms with van der Waals surface area (Å²) in [6, 6.07) is 0. The van der Waals surface area contributed by atoms with Crippen LogP contribution < -0.4 is 0 Å². The van der Waals surface area contributed by atoms with E-state index in [1.165, 1.54) is 116 Å². The van der Waals surface area contributed by atoms with Gasteiger partial charge in [-0.15, -0.1) is 0 Å². The molecule has 0 fully saturated rings. The first-order valence-corrected chi connectivity index (χ1v) is 29.1. The Morgan fingerprint density at radius 2 is 0.594 bits per heavy atom. The lowest BCUT2D eigenvalue weighted by atomic mass is 10.1. The molecule has 0 spiro atoms. The van der Waals surface area contributed by atoms with Crippen molar-refractivity contribution in [3.63, 3.8) is 0 Å². The molecule has 0 amide bonds. The molecule has 0 aromatic heterocycles. The van der Waals surface area contributed by atoms with Gasteiger partial charge in [0.25, 0.3) is 0 Å². The molecule has 0 heterocycles. The summed E-state index contributed by atoms with van der Waals surface area (Å²) in [6.45, 7) is 6.45. The van der Waals surface area contributed by atoms with Gasteiger partial charge in [0, 0.05) is 19.3 Å². The minimum absolute atomic E-state index is 0.0873. The Bertz CT molecular complexity index is 1330. The van der Waals surface area contributed by atoms with Gasteiger partial charge in [-0.3, -0.25) is 14.4 Å². The van der Waals surface area contributed by atoms with E-state index >= 15 is 0 Å². The van der Waals surface area contributed by atoms with Crippen molar-refractivity contribution in [2.45, 2.75) is 284 Å². The molecule has 69 heavy (non-hydrogen) atoms. The quantitative estimate of drug-likeness (QED) is 0.0262. The molecule has 0 bridgehead atoms. The summed E-state index contributed by atoms with van der Waals surface area (Å²) >= 11 is 0. The molecule has 396 valence electrons. The molecule has 0 aromatic carbocycles. The second kappa shape index (κ2) is 57.2. The number of carbonyl (C=O) groups excluding carboxylic acids is 3. The summed E-state index contributed by atoms with van der Waals surface area (Å²) in [5.74, 6) is -0.910. The van der Waals surface area contributed by atoms with Crippen molar-refractivity contribution in [3.8, 4) is 0 Å². The van der Waals surface area contributed by atoms with Crippen LogP contribution >= 0.6 is 0 Å². The Morgan fingerprint density at radius 3 is 0.942 bits per heavy atom. The van der Waals surface area contributed by atoms with Crippen molar-refractivity contribution in [2.75, 3.05) is 13.2 Å². The molecule has 0 rings (SSSR count). The van der Waals surface area contributed by atoms with Crippen LogP contribution in [-0.2, 0) is 28.6 Å². The summed E-state index contributed by atoms with van der Waals surface area (Å²) < 4.78 is 16.9. The summed E-state index contributed by atoms with van der Waals surface area (Å²) in [5, 5.41) is 0. The largest absolute Gasteiger partial charge is 0.462 e. The van der Waals surface area contributed by atoms with Crippen LogP contribution in [0, 0.1) is 0 Å². The van der Waals surface area contributed by atoms with Gasteiger partial charge in [0.2, 0.25) is 0 Å². The maximum absolute atomic E-state index is 12.9. The van der Waals surface area contributed by atoms with Crippen LogP contribution in [0.2, 0.25) is 0 Å². The second-order valence-corrected chi connectivity index (χ2v) is 19.2. The molecule has 0 N–H and O–H groups in total. The minimum atomic E-state index is -0.790. The molecule has 1 unspecified atom stereocenters. The van der Waals surface area contributed by atoms with E-state index in [2.05, 4.69) is 106 Å². The number of allylic oxidation sites excluding steroid dienone is 14. The van der Waals surface area contributed by atoms with Gasteiger partial charge in [-0.05, 0) is 109 Å². The standard InChI is InChI=1S/C63H108O6/c1-4-7-10-13-16-19-22-25-27-29-30-31-32-34-35-38-41-44-47-50-53-56-62(65)68-59-60(58-67-61(64)55-52-49-46-43-40-37-24-21-18-15-12-9-6-3)69-63(66)57-54-51-48-45-42-39-36-33-28-26-23-20-17-14-11-8-5-2/h8,11-12,15,17,20-22,24-26,28-30,60H,4-7,9-10,13-14,16,18-19,23,27,31-59H2,1-3H3/b11-8-,15-12-,20-17-,24-21-,25-22-,28-26-,30-29-. The molecule has 0 saturated heterocycles. The van der Waals surface area contributed by atoms with Crippen LogP contribution in [0.1, 0.15) is 278 Å². The van der Waals surface area contributed by atoms with Gasteiger partial charge in [-0.1, -0.05) is 234 Å². The highest BCUT2D eigenvalue weighted by Crippen LogP contribution is 2.15. The average Bonchev–Trinajstić information content (AvgIpc) is 3.35. The zero-order valence-electron chi connectivity index (χ0n) is 45.3. The van der Waals surface area contributed by atoms with Gasteiger partial charge in [0.15, 0.2) is 6.10 Å². The predicted octanol–water partition coefficient (Wildman–Crippen LogP) is 19.5. The molecular weight excluding hydrogens is 853 g/mol. The normalized spacial score (nSPS) is 12.7. The van der Waals surface area contributed by atoms with E-state index in [-0.39, 0.29) is 31.1 Å². The Kier molecular flexibility index (Phi) is 54.3. The lowest BCUT2D eigenvalue weighted by Gasteiger charge is -2.18. The smallest absolute Gasteiger partial charge is 0.306 e.